The molecule has 3 rings (SSSR count). The second-order valence-electron chi connectivity index (χ2n) is 8.84. The number of unbranched alkanes of at least 4 members (excludes halogenated alkanes) is 1. The molecule has 2 aliphatic carbocycles. The Balaban J connectivity index is 0.000000209. The maximum absolute atomic E-state index is 10.5. The first-order valence-corrected chi connectivity index (χ1v) is 12.3. The lowest BCUT2D eigenvalue weighted by Crippen LogP contribution is -2.40. The summed E-state index contributed by atoms with van der Waals surface area (Å²) in [7, 11) is 0. The van der Waals surface area contributed by atoms with E-state index < -0.39 is 5.97 Å². The first-order valence-electron chi connectivity index (χ1n) is 11.5. The summed E-state index contributed by atoms with van der Waals surface area (Å²) in [5.74, 6) is 0.175. The molecule has 4 heteroatoms. The van der Waals surface area contributed by atoms with Crippen LogP contribution in [0.4, 0.5) is 0 Å². The van der Waals surface area contributed by atoms with E-state index in [-0.39, 0.29) is 6.10 Å². The van der Waals surface area contributed by atoms with Crippen LogP contribution in [-0.2, 0) is 6.42 Å². The highest BCUT2D eigenvalue weighted by molar-refractivity contribution is 7.13. The van der Waals surface area contributed by atoms with Gasteiger partial charge in [0, 0.05) is 4.88 Å². The molecule has 2 saturated carbocycles. The van der Waals surface area contributed by atoms with Gasteiger partial charge in [0.05, 0.1) is 6.10 Å². The average molecular weight is 409 g/mol. The van der Waals surface area contributed by atoms with E-state index in [0.29, 0.717) is 10.3 Å². The molecule has 0 amide bonds. The van der Waals surface area contributed by atoms with Gasteiger partial charge >= 0.3 is 5.97 Å². The third-order valence-corrected chi connectivity index (χ3v) is 8.11. The standard InChI is InChI=1S/C15H28O.C9H12O2S/c1-2-15(11-6-12-15)14(16)10-5-9-13-7-3-4-8-13;1-2-3-4-7-5-6-8(12-7)9(10)11/h13-14,16H,2-12H2,1H3;5-6H,2-4H2,1H3,(H,10,11). The van der Waals surface area contributed by atoms with Crippen molar-refractivity contribution in [2.75, 3.05) is 0 Å². The molecule has 1 heterocycles. The third-order valence-electron chi connectivity index (χ3n) is 6.97. The van der Waals surface area contributed by atoms with E-state index in [1.54, 1.807) is 6.07 Å². The van der Waals surface area contributed by atoms with E-state index in [1.807, 2.05) is 6.07 Å². The molecule has 0 aromatic carbocycles. The Labute approximate surface area is 175 Å². The van der Waals surface area contributed by atoms with Crippen LogP contribution in [0.25, 0.3) is 0 Å². The third kappa shape index (κ3) is 6.88. The molecular weight excluding hydrogens is 368 g/mol. The molecule has 0 spiro atoms. The largest absolute Gasteiger partial charge is 0.477 e. The number of aromatic carboxylic acids is 1. The highest BCUT2D eigenvalue weighted by Crippen LogP contribution is 2.48. The molecule has 0 bridgehead atoms. The number of hydrogen-bond acceptors (Lipinski definition) is 3. The Morgan fingerprint density at radius 2 is 1.89 bits per heavy atom. The summed E-state index contributed by atoms with van der Waals surface area (Å²) in [5.41, 5.74) is 0.329. The fraction of sp³-hybridized carbons (Fsp3) is 0.792. The first-order chi connectivity index (χ1) is 13.5. The van der Waals surface area contributed by atoms with Crippen molar-refractivity contribution >= 4 is 17.3 Å². The molecule has 1 unspecified atom stereocenters. The highest BCUT2D eigenvalue weighted by atomic mass is 32.1. The summed E-state index contributed by atoms with van der Waals surface area (Å²) >= 11 is 1.38. The molecule has 2 aliphatic rings. The van der Waals surface area contributed by atoms with Crippen molar-refractivity contribution in [2.24, 2.45) is 11.3 Å². The summed E-state index contributed by atoms with van der Waals surface area (Å²) in [6, 6.07) is 3.59. The molecule has 160 valence electrons. The summed E-state index contributed by atoms with van der Waals surface area (Å²) in [4.78, 5) is 12.1. The van der Waals surface area contributed by atoms with E-state index >= 15 is 0 Å². The summed E-state index contributed by atoms with van der Waals surface area (Å²) in [6.07, 6.45) is 17.9. The fourth-order valence-corrected chi connectivity index (χ4v) is 5.62. The number of rotatable bonds is 10. The first kappa shape index (κ1) is 23.4. The van der Waals surface area contributed by atoms with E-state index in [2.05, 4.69) is 13.8 Å². The zero-order chi connectivity index (χ0) is 20.4. The number of carboxylic acid groups (broad SMARTS) is 1. The van der Waals surface area contributed by atoms with Gasteiger partial charge in [0.2, 0.25) is 0 Å². The van der Waals surface area contributed by atoms with Crippen LogP contribution in [0.1, 0.15) is 112 Å². The summed E-state index contributed by atoms with van der Waals surface area (Å²) < 4.78 is 0. The van der Waals surface area contributed by atoms with Gasteiger partial charge in [0.25, 0.3) is 0 Å². The Morgan fingerprint density at radius 1 is 1.18 bits per heavy atom. The van der Waals surface area contributed by atoms with Crippen LogP contribution in [0.3, 0.4) is 0 Å². The van der Waals surface area contributed by atoms with Gasteiger partial charge in [0.1, 0.15) is 4.88 Å². The SMILES string of the molecule is CCC1(C(O)CCCC2CCCC2)CCC1.CCCCc1ccc(C(=O)O)s1. The van der Waals surface area contributed by atoms with Gasteiger partial charge in [-0.1, -0.05) is 65.2 Å². The minimum atomic E-state index is -0.817. The number of thiophene rings is 1. The van der Waals surface area contributed by atoms with Crippen LogP contribution in [0.2, 0.25) is 0 Å². The van der Waals surface area contributed by atoms with Gasteiger partial charge in [-0.25, -0.2) is 4.79 Å². The second kappa shape index (κ2) is 12.0. The van der Waals surface area contributed by atoms with Crippen molar-refractivity contribution in [3.63, 3.8) is 0 Å². The van der Waals surface area contributed by atoms with Gasteiger partial charge in [-0.2, -0.15) is 0 Å². The summed E-state index contributed by atoms with van der Waals surface area (Å²) in [6.45, 7) is 4.38. The van der Waals surface area contributed by atoms with E-state index in [0.717, 1.165) is 31.6 Å². The minimum absolute atomic E-state index is 0.00680. The van der Waals surface area contributed by atoms with Crippen molar-refractivity contribution in [3.05, 3.63) is 21.9 Å². The van der Waals surface area contributed by atoms with Gasteiger partial charge < -0.3 is 10.2 Å². The van der Waals surface area contributed by atoms with Crippen molar-refractivity contribution in [1.82, 2.24) is 0 Å². The smallest absolute Gasteiger partial charge is 0.345 e. The number of hydrogen-bond donors (Lipinski definition) is 2. The molecule has 0 radical (unpaired) electrons. The van der Waals surface area contributed by atoms with Gasteiger partial charge in [-0.3, -0.25) is 0 Å². The normalized spacial score (nSPS) is 19.5. The van der Waals surface area contributed by atoms with Crippen molar-refractivity contribution in [1.29, 1.82) is 0 Å². The maximum Gasteiger partial charge on any atom is 0.345 e. The number of carboxylic acids is 1. The Bertz CT molecular complexity index is 565. The second-order valence-corrected chi connectivity index (χ2v) is 10.0. The lowest BCUT2D eigenvalue weighted by molar-refractivity contribution is -0.0435. The quantitative estimate of drug-likeness (QED) is 0.435. The Kier molecular flexibility index (Phi) is 10.0. The zero-order valence-electron chi connectivity index (χ0n) is 17.9. The van der Waals surface area contributed by atoms with Gasteiger partial charge in [-0.15, -0.1) is 11.3 Å². The fourth-order valence-electron chi connectivity index (χ4n) is 4.74. The van der Waals surface area contributed by atoms with Crippen LogP contribution in [0, 0.1) is 11.3 Å². The lowest BCUT2D eigenvalue weighted by Gasteiger charge is -2.45. The minimum Gasteiger partial charge on any atom is -0.477 e. The number of aliphatic hydroxyl groups excluding tert-OH is 1. The average Bonchev–Trinajstić information content (AvgIpc) is 3.32. The van der Waals surface area contributed by atoms with Gasteiger partial charge in [-0.05, 0) is 62.0 Å². The molecule has 0 aliphatic heterocycles. The number of aliphatic hydroxyl groups is 1. The topological polar surface area (TPSA) is 57.5 Å². The van der Waals surface area contributed by atoms with E-state index in [9.17, 15) is 9.90 Å². The molecule has 1 aromatic heterocycles. The molecule has 1 atom stereocenters. The lowest BCUT2D eigenvalue weighted by atomic mass is 9.62. The van der Waals surface area contributed by atoms with Gasteiger partial charge in [0.15, 0.2) is 0 Å². The van der Waals surface area contributed by atoms with E-state index in [1.165, 1.54) is 80.4 Å². The van der Waals surface area contributed by atoms with Crippen molar-refractivity contribution in [3.8, 4) is 0 Å². The molecule has 1 aromatic rings. The van der Waals surface area contributed by atoms with Crippen LogP contribution in [-0.4, -0.2) is 22.3 Å². The molecule has 0 saturated heterocycles. The predicted octanol–water partition coefficient (Wildman–Crippen LogP) is 7.08. The molecule has 3 nitrogen and oxygen atoms in total. The van der Waals surface area contributed by atoms with E-state index in [4.69, 9.17) is 5.11 Å². The molecule has 28 heavy (non-hydrogen) atoms. The number of aryl methyl sites for hydroxylation is 1. The van der Waals surface area contributed by atoms with Crippen molar-refractivity contribution < 1.29 is 15.0 Å². The number of carbonyl (C=O) groups is 1. The zero-order valence-corrected chi connectivity index (χ0v) is 18.7. The molecular formula is C24H40O3S. The predicted molar refractivity (Wildman–Crippen MR) is 118 cm³/mol. The Morgan fingerprint density at radius 3 is 2.39 bits per heavy atom. The van der Waals surface area contributed by atoms with Crippen LogP contribution in [0.5, 0.6) is 0 Å². The van der Waals surface area contributed by atoms with Crippen LogP contribution < -0.4 is 0 Å². The Hall–Kier alpha value is -0.870. The summed E-state index contributed by atoms with van der Waals surface area (Å²) in [5, 5.41) is 18.9. The molecule has 2 fully saturated rings. The van der Waals surface area contributed by atoms with Crippen LogP contribution >= 0.6 is 11.3 Å². The maximum atomic E-state index is 10.5. The molecule has 2 N–H and O–H groups in total. The van der Waals surface area contributed by atoms with Crippen LogP contribution in [0.15, 0.2) is 12.1 Å². The monoisotopic (exact) mass is 408 g/mol. The highest BCUT2D eigenvalue weighted by Gasteiger charge is 2.41. The van der Waals surface area contributed by atoms with Crippen molar-refractivity contribution in [2.45, 2.75) is 110 Å².